The highest BCUT2D eigenvalue weighted by atomic mass is 32.1. The molecule has 2 aromatic heterocycles. The first-order chi connectivity index (χ1) is 17.8. The number of pyridine rings is 1. The van der Waals surface area contributed by atoms with Crippen molar-refractivity contribution >= 4 is 27.6 Å². The van der Waals surface area contributed by atoms with E-state index in [9.17, 15) is 31.1 Å². The van der Waals surface area contributed by atoms with Crippen LogP contribution in [-0.4, -0.2) is 47.1 Å². The number of carbonyl (C=O) groups excluding carboxylic acids is 1. The molecule has 0 bridgehead atoms. The van der Waals surface area contributed by atoms with Crippen LogP contribution in [0.3, 0.4) is 0 Å². The Bertz CT molecular complexity index is 1370. The van der Waals surface area contributed by atoms with Gasteiger partial charge in [-0.15, -0.1) is 0 Å². The van der Waals surface area contributed by atoms with Gasteiger partial charge in [-0.25, -0.2) is 18.7 Å². The number of benzene rings is 1. The zero-order chi connectivity index (χ0) is 27.8. The molecule has 3 aromatic rings. The van der Waals surface area contributed by atoms with Gasteiger partial charge in [0.15, 0.2) is 11.6 Å². The van der Waals surface area contributed by atoms with Gasteiger partial charge in [0.05, 0.1) is 5.56 Å². The van der Waals surface area contributed by atoms with Crippen molar-refractivity contribution in [1.82, 2.24) is 20.2 Å². The summed E-state index contributed by atoms with van der Waals surface area (Å²) in [5.41, 5.74) is -2.13. The van der Waals surface area contributed by atoms with Crippen LogP contribution < -0.4 is 10.1 Å². The highest BCUT2D eigenvalue weighted by Gasteiger charge is 2.59. The topological polar surface area (TPSA) is 67.3 Å². The van der Waals surface area contributed by atoms with E-state index >= 15 is 4.39 Å². The molecule has 0 saturated carbocycles. The Balaban J connectivity index is 1.48. The largest absolute Gasteiger partial charge is 0.483 e. The molecule has 1 aliphatic rings. The van der Waals surface area contributed by atoms with E-state index in [1.165, 1.54) is 0 Å². The van der Waals surface area contributed by atoms with Crippen LogP contribution in [0.1, 0.15) is 33.8 Å². The molecule has 0 atom stereocenters. The third kappa shape index (κ3) is 5.60. The second-order valence-electron chi connectivity index (χ2n) is 8.81. The first kappa shape index (κ1) is 27.8. The van der Waals surface area contributed by atoms with Crippen LogP contribution >= 0.6 is 11.3 Å². The maximum absolute atomic E-state index is 15.0. The Morgan fingerprint density at radius 2 is 1.89 bits per heavy atom. The number of nitrogens with one attached hydrogen (secondary N) is 1. The van der Waals surface area contributed by atoms with Gasteiger partial charge in [-0.1, -0.05) is 17.9 Å². The summed E-state index contributed by atoms with van der Waals surface area (Å²) in [6, 6.07) is 2.37. The number of likely N-dealkylation sites (tertiary alicyclic amines) is 1. The molecule has 0 aliphatic carbocycles. The fourth-order valence-electron chi connectivity index (χ4n) is 3.93. The van der Waals surface area contributed by atoms with Crippen molar-refractivity contribution in [3.63, 3.8) is 0 Å². The molecule has 0 unspecified atom stereocenters. The number of hydrogen-bond donors (Lipinski definition) is 1. The number of ether oxygens (including phenoxy) is 1. The molecule has 38 heavy (non-hydrogen) atoms. The summed E-state index contributed by atoms with van der Waals surface area (Å²) in [7, 11) is 1.96. The molecule has 1 N–H and O–H groups in total. The van der Waals surface area contributed by atoms with Crippen molar-refractivity contribution < 1.29 is 40.3 Å². The fourth-order valence-corrected chi connectivity index (χ4v) is 4.72. The Kier molecular flexibility index (Phi) is 7.66. The number of alkyl halides is 5. The molecule has 1 fully saturated rings. The van der Waals surface area contributed by atoms with Gasteiger partial charge < -0.3 is 15.0 Å². The number of rotatable bonds is 7. The molecule has 1 saturated heterocycles. The zero-order valence-corrected chi connectivity index (χ0v) is 20.7. The lowest BCUT2D eigenvalue weighted by molar-refractivity contribution is -0.289. The summed E-state index contributed by atoms with van der Waals surface area (Å²) < 4.78 is 100.0. The third-order valence-electron chi connectivity index (χ3n) is 6.13. The average molecular weight is 563 g/mol. The van der Waals surface area contributed by atoms with E-state index in [2.05, 4.69) is 26.8 Å². The van der Waals surface area contributed by atoms with Gasteiger partial charge in [0, 0.05) is 17.8 Å². The van der Waals surface area contributed by atoms with Crippen molar-refractivity contribution in [2.75, 3.05) is 20.1 Å². The molecular formula is C24H21F7N4O2S. The minimum Gasteiger partial charge on any atom is -0.483 e. The Morgan fingerprint density at radius 3 is 2.55 bits per heavy atom. The third-order valence-corrected chi connectivity index (χ3v) is 7.08. The van der Waals surface area contributed by atoms with Crippen molar-refractivity contribution in [2.24, 2.45) is 5.92 Å². The quantitative estimate of drug-likeness (QED) is 0.370. The van der Waals surface area contributed by atoms with E-state index in [-0.39, 0.29) is 21.3 Å². The van der Waals surface area contributed by atoms with Crippen molar-refractivity contribution in [3.8, 4) is 5.75 Å². The molecule has 14 heteroatoms. The molecule has 4 rings (SSSR count). The molecule has 0 radical (unpaired) electrons. The highest BCUT2D eigenvalue weighted by Crippen LogP contribution is 2.44. The second-order valence-corrected chi connectivity index (χ2v) is 9.87. The van der Waals surface area contributed by atoms with Crippen LogP contribution in [0, 0.1) is 17.6 Å². The van der Waals surface area contributed by atoms with Crippen molar-refractivity contribution in [1.29, 1.82) is 0 Å². The van der Waals surface area contributed by atoms with Gasteiger partial charge >= 0.3 is 12.1 Å². The number of allylic oxidation sites excluding steroid dienone is 1. The SMILES string of the molecule is C=C(NC(=O)c1c(F)ccc(OCc2nc3cc(C(F)(F)C(F)(F)F)cnc3s2)c1F)C1CCN(C)CC1. The lowest BCUT2D eigenvalue weighted by Gasteiger charge is -2.30. The minimum absolute atomic E-state index is 0.0371. The van der Waals surface area contributed by atoms with E-state index in [1.807, 2.05) is 7.05 Å². The number of halogens is 7. The van der Waals surface area contributed by atoms with Crippen LogP contribution in [0.5, 0.6) is 5.75 Å². The number of hydrogen-bond acceptors (Lipinski definition) is 6. The molecule has 1 aliphatic heterocycles. The van der Waals surface area contributed by atoms with Crippen molar-refractivity contribution in [3.05, 3.63) is 64.4 Å². The number of aromatic nitrogens is 2. The summed E-state index contributed by atoms with van der Waals surface area (Å²) in [5, 5.41) is 2.54. The van der Waals surface area contributed by atoms with E-state index in [1.54, 1.807) is 0 Å². The predicted octanol–water partition coefficient (Wildman–Crippen LogP) is 5.79. The second kappa shape index (κ2) is 10.5. The molecule has 0 spiro atoms. The minimum atomic E-state index is -5.81. The number of carbonyl (C=O) groups is 1. The van der Waals surface area contributed by atoms with E-state index in [4.69, 9.17) is 4.74 Å². The highest BCUT2D eigenvalue weighted by molar-refractivity contribution is 7.18. The first-order valence-corrected chi connectivity index (χ1v) is 12.1. The molecule has 204 valence electrons. The van der Waals surface area contributed by atoms with Crippen LogP contribution in [0.2, 0.25) is 0 Å². The molecule has 1 aromatic carbocycles. The summed E-state index contributed by atoms with van der Waals surface area (Å²) in [5.74, 6) is -9.07. The molecular weight excluding hydrogens is 541 g/mol. The maximum Gasteiger partial charge on any atom is 0.458 e. The van der Waals surface area contributed by atoms with Gasteiger partial charge in [-0.2, -0.15) is 22.0 Å². The summed E-state index contributed by atoms with van der Waals surface area (Å²) in [4.78, 5) is 22.4. The monoisotopic (exact) mass is 562 g/mol. The van der Waals surface area contributed by atoms with Crippen LogP contribution in [0.15, 0.2) is 36.7 Å². The summed E-state index contributed by atoms with van der Waals surface area (Å²) in [6.45, 7) is 4.97. The number of fused-ring (bicyclic) bond motifs is 1. The normalized spacial score (nSPS) is 15.6. The molecule has 1 amide bonds. The zero-order valence-electron chi connectivity index (χ0n) is 19.8. The summed E-state index contributed by atoms with van der Waals surface area (Å²) >= 11 is 0.823. The Labute approximate surface area is 216 Å². The maximum atomic E-state index is 15.0. The summed E-state index contributed by atoms with van der Waals surface area (Å²) in [6.07, 6.45) is -3.94. The standard InChI is InChI=1S/C24H21F7N4O2S/c1-12(13-5-7-35(2)8-6-13)33-21(36)19-15(25)3-4-17(20(19)26)37-11-18-34-16-9-14(10-32-22(16)38-18)23(27,28)24(29,30)31/h3-4,9-10,13H,1,5-8,11H2,2H3,(H,33,36). The fraction of sp³-hybridized carbons (Fsp3) is 0.375. The number of thiazole rings is 1. The first-order valence-electron chi connectivity index (χ1n) is 11.3. The Morgan fingerprint density at radius 1 is 1.21 bits per heavy atom. The van der Waals surface area contributed by atoms with Crippen LogP contribution in [-0.2, 0) is 12.5 Å². The van der Waals surface area contributed by atoms with E-state index in [0.29, 0.717) is 18.0 Å². The van der Waals surface area contributed by atoms with Gasteiger partial charge in [0.1, 0.15) is 33.3 Å². The van der Waals surface area contributed by atoms with Gasteiger partial charge in [0.25, 0.3) is 5.91 Å². The average Bonchev–Trinajstić information content (AvgIpc) is 3.25. The van der Waals surface area contributed by atoms with Crippen molar-refractivity contribution in [2.45, 2.75) is 31.5 Å². The van der Waals surface area contributed by atoms with E-state index in [0.717, 1.165) is 49.4 Å². The predicted molar refractivity (Wildman–Crippen MR) is 125 cm³/mol. The van der Waals surface area contributed by atoms with Gasteiger partial charge in [0.2, 0.25) is 0 Å². The van der Waals surface area contributed by atoms with E-state index < -0.39 is 53.1 Å². The number of piperidine rings is 1. The lowest BCUT2D eigenvalue weighted by atomic mass is 9.94. The smallest absolute Gasteiger partial charge is 0.458 e. The van der Waals surface area contributed by atoms with Crippen LogP contribution in [0.25, 0.3) is 10.3 Å². The van der Waals surface area contributed by atoms with Gasteiger partial charge in [-0.05, 0) is 51.2 Å². The Hall–Kier alpha value is -3.26. The van der Waals surface area contributed by atoms with Gasteiger partial charge in [-0.3, -0.25) is 4.79 Å². The number of nitrogens with zero attached hydrogens (tertiary/aromatic N) is 3. The number of amides is 1. The van der Waals surface area contributed by atoms with Crippen LogP contribution in [0.4, 0.5) is 30.7 Å². The molecule has 3 heterocycles. The lowest BCUT2D eigenvalue weighted by Crippen LogP contribution is -2.35. The molecule has 6 nitrogen and oxygen atoms in total.